The van der Waals surface area contributed by atoms with Crippen molar-refractivity contribution in [2.75, 3.05) is 20.2 Å². The molecule has 172 valence electrons. The molecular formula is C24H30FN3O4. The van der Waals surface area contributed by atoms with Crippen LogP contribution in [0.15, 0.2) is 42.6 Å². The quantitative estimate of drug-likeness (QED) is 0.691. The van der Waals surface area contributed by atoms with E-state index in [0.29, 0.717) is 24.6 Å². The lowest BCUT2D eigenvalue weighted by molar-refractivity contribution is 0.0870. The van der Waals surface area contributed by atoms with E-state index in [0.717, 1.165) is 19.3 Å². The summed E-state index contributed by atoms with van der Waals surface area (Å²) in [5.74, 6) is 0.598. The van der Waals surface area contributed by atoms with Gasteiger partial charge in [-0.2, -0.15) is 0 Å². The molecule has 2 heterocycles. The van der Waals surface area contributed by atoms with E-state index in [2.05, 4.69) is 24.1 Å². The van der Waals surface area contributed by atoms with Crippen LogP contribution in [0.4, 0.5) is 9.18 Å². The van der Waals surface area contributed by atoms with Crippen LogP contribution in [-0.4, -0.2) is 48.1 Å². The maximum atomic E-state index is 13.2. The average molecular weight is 444 g/mol. The number of likely N-dealkylation sites (tertiary alicyclic amines) is 1. The molecule has 1 saturated heterocycles. The Labute approximate surface area is 187 Å². The lowest BCUT2D eigenvalue weighted by Crippen LogP contribution is -2.47. The number of aromatic nitrogens is 1. The van der Waals surface area contributed by atoms with Crippen molar-refractivity contribution in [1.29, 1.82) is 0 Å². The van der Waals surface area contributed by atoms with Crippen LogP contribution in [0.25, 0.3) is 0 Å². The van der Waals surface area contributed by atoms with Crippen LogP contribution < -0.4 is 14.8 Å². The summed E-state index contributed by atoms with van der Waals surface area (Å²) in [6.07, 6.45) is 3.46. The Morgan fingerprint density at radius 2 is 1.88 bits per heavy atom. The van der Waals surface area contributed by atoms with Gasteiger partial charge in [-0.1, -0.05) is 13.8 Å². The highest BCUT2D eigenvalue weighted by molar-refractivity contribution is 5.94. The first-order valence-electron chi connectivity index (χ1n) is 10.9. The number of carbonyl (C=O) groups excluding carboxylic acids is 2. The minimum atomic E-state index is -0.439. The number of hydrogen-bond acceptors (Lipinski definition) is 5. The molecule has 2 amide bonds. The second kappa shape index (κ2) is 10.9. The lowest BCUT2D eigenvalue weighted by atomic mass is 9.85. The van der Waals surface area contributed by atoms with Gasteiger partial charge in [-0.05, 0) is 67.5 Å². The molecule has 0 aliphatic carbocycles. The number of piperidine rings is 1. The molecule has 2 aromatic rings. The molecule has 1 aliphatic heterocycles. The number of amides is 2. The molecule has 0 radical (unpaired) electrons. The average Bonchev–Trinajstić information content (AvgIpc) is 2.79. The van der Waals surface area contributed by atoms with Gasteiger partial charge in [-0.25, -0.2) is 14.2 Å². The smallest absolute Gasteiger partial charge is 0.415 e. The van der Waals surface area contributed by atoms with Crippen molar-refractivity contribution in [2.24, 2.45) is 11.8 Å². The Morgan fingerprint density at radius 1 is 1.19 bits per heavy atom. The van der Waals surface area contributed by atoms with Crippen molar-refractivity contribution in [2.45, 2.75) is 39.2 Å². The zero-order valence-corrected chi connectivity index (χ0v) is 18.7. The Hall–Kier alpha value is -3.16. The Morgan fingerprint density at radius 3 is 2.50 bits per heavy atom. The normalized spacial score (nSPS) is 15.3. The van der Waals surface area contributed by atoms with Gasteiger partial charge in [0.15, 0.2) is 5.75 Å². The highest BCUT2D eigenvalue weighted by atomic mass is 19.1. The predicted octanol–water partition coefficient (Wildman–Crippen LogP) is 4.28. The monoisotopic (exact) mass is 443 g/mol. The third-order valence-electron chi connectivity index (χ3n) is 5.64. The second-order valence-corrected chi connectivity index (χ2v) is 8.42. The van der Waals surface area contributed by atoms with Crippen molar-refractivity contribution in [3.8, 4) is 11.6 Å². The number of benzene rings is 1. The molecule has 1 atom stereocenters. The standard InChI is InChI=1S/C24H30FN3O4/c1-16(2)15-20(27-22(29)18-6-8-19(25)9-7-18)17-10-13-28(14-11-17)24(30)32-21-5-4-12-26-23(21)31-3/h4-9,12,16-17,20H,10-11,13-15H2,1-3H3,(H,27,29)/t20-/m1/s1. The van der Waals surface area contributed by atoms with E-state index in [1.54, 1.807) is 23.2 Å². The zero-order valence-electron chi connectivity index (χ0n) is 18.7. The van der Waals surface area contributed by atoms with Crippen LogP contribution in [0.1, 0.15) is 43.5 Å². The van der Waals surface area contributed by atoms with Gasteiger partial charge < -0.3 is 19.7 Å². The van der Waals surface area contributed by atoms with Crippen molar-refractivity contribution in [1.82, 2.24) is 15.2 Å². The van der Waals surface area contributed by atoms with Gasteiger partial charge in [0.25, 0.3) is 11.8 Å². The number of carbonyl (C=O) groups is 2. The molecule has 1 aromatic carbocycles. The van der Waals surface area contributed by atoms with Crippen LogP contribution >= 0.6 is 0 Å². The number of halogens is 1. The van der Waals surface area contributed by atoms with Crippen molar-refractivity contribution in [3.05, 3.63) is 54.0 Å². The predicted molar refractivity (Wildman–Crippen MR) is 118 cm³/mol. The first-order chi connectivity index (χ1) is 15.4. The minimum absolute atomic E-state index is 0.0239. The molecule has 8 heteroatoms. The van der Waals surface area contributed by atoms with Crippen molar-refractivity contribution < 1.29 is 23.5 Å². The van der Waals surface area contributed by atoms with E-state index in [9.17, 15) is 14.0 Å². The third-order valence-corrected chi connectivity index (χ3v) is 5.64. The number of hydrogen-bond donors (Lipinski definition) is 1. The van der Waals surface area contributed by atoms with Crippen LogP contribution in [0.2, 0.25) is 0 Å². The van der Waals surface area contributed by atoms with E-state index < -0.39 is 6.09 Å². The summed E-state index contributed by atoms with van der Waals surface area (Å²) in [7, 11) is 1.47. The molecule has 32 heavy (non-hydrogen) atoms. The largest absolute Gasteiger partial charge is 0.478 e. The Balaban J connectivity index is 1.59. The van der Waals surface area contributed by atoms with Gasteiger partial charge in [0, 0.05) is 30.9 Å². The number of rotatable bonds is 7. The molecule has 0 spiro atoms. The van der Waals surface area contributed by atoms with Crippen LogP contribution in [-0.2, 0) is 0 Å². The fourth-order valence-corrected chi connectivity index (χ4v) is 3.98. The number of methoxy groups -OCH3 is 1. The van der Waals surface area contributed by atoms with Gasteiger partial charge in [0.1, 0.15) is 5.82 Å². The Bertz CT molecular complexity index is 912. The third kappa shape index (κ3) is 6.18. The molecule has 1 fully saturated rings. The molecule has 1 aliphatic rings. The maximum Gasteiger partial charge on any atom is 0.415 e. The summed E-state index contributed by atoms with van der Waals surface area (Å²) in [6, 6.07) is 8.84. The molecule has 7 nitrogen and oxygen atoms in total. The fraction of sp³-hybridized carbons (Fsp3) is 0.458. The minimum Gasteiger partial charge on any atom is -0.478 e. The zero-order chi connectivity index (χ0) is 23.1. The number of nitrogens with one attached hydrogen (secondary N) is 1. The van der Waals surface area contributed by atoms with Crippen molar-refractivity contribution in [3.63, 3.8) is 0 Å². The van der Waals surface area contributed by atoms with Crippen molar-refractivity contribution >= 4 is 12.0 Å². The van der Waals surface area contributed by atoms with Gasteiger partial charge >= 0.3 is 6.09 Å². The first-order valence-corrected chi connectivity index (χ1v) is 10.9. The van der Waals surface area contributed by atoms with E-state index in [1.807, 2.05) is 0 Å². The molecule has 3 rings (SSSR count). The summed E-state index contributed by atoms with van der Waals surface area (Å²) in [5.41, 5.74) is 0.437. The van der Waals surface area contributed by atoms with Crippen LogP contribution in [0.3, 0.4) is 0 Å². The summed E-state index contributed by atoms with van der Waals surface area (Å²) < 4.78 is 23.8. The first kappa shape index (κ1) is 23.5. The van der Waals surface area contributed by atoms with Crippen LogP contribution in [0, 0.1) is 17.7 Å². The summed E-state index contributed by atoms with van der Waals surface area (Å²) >= 11 is 0. The van der Waals surface area contributed by atoms with E-state index >= 15 is 0 Å². The fourth-order valence-electron chi connectivity index (χ4n) is 3.98. The van der Waals surface area contributed by atoms with Gasteiger partial charge in [-0.15, -0.1) is 0 Å². The summed E-state index contributed by atoms with van der Waals surface area (Å²) in [6.45, 7) is 5.30. The van der Waals surface area contributed by atoms with Gasteiger partial charge in [0.2, 0.25) is 0 Å². The molecule has 0 unspecified atom stereocenters. The molecule has 0 saturated carbocycles. The Kier molecular flexibility index (Phi) is 8.03. The topological polar surface area (TPSA) is 80.8 Å². The SMILES string of the molecule is COc1ncccc1OC(=O)N1CCC([C@@H](CC(C)C)NC(=O)c2ccc(F)cc2)CC1. The number of nitrogens with zero attached hydrogens (tertiary/aromatic N) is 2. The van der Waals surface area contributed by atoms with Crippen LogP contribution in [0.5, 0.6) is 11.6 Å². The lowest BCUT2D eigenvalue weighted by Gasteiger charge is -2.36. The second-order valence-electron chi connectivity index (χ2n) is 8.42. The molecule has 1 N–H and O–H groups in total. The molecule has 1 aromatic heterocycles. The van der Waals surface area contributed by atoms with E-state index in [-0.39, 0.29) is 35.3 Å². The van der Waals surface area contributed by atoms with E-state index in [4.69, 9.17) is 9.47 Å². The summed E-state index contributed by atoms with van der Waals surface area (Å²) in [5, 5.41) is 3.13. The maximum absolute atomic E-state index is 13.2. The highest BCUT2D eigenvalue weighted by Gasteiger charge is 2.31. The van der Waals surface area contributed by atoms with E-state index in [1.165, 1.54) is 31.4 Å². The highest BCUT2D eigenvalue weighted by Crippen LogP contribution is 2.27. The van der Waals surface area contributed by atoms with Gasteiger partial charge in [0.05, 0.1) is 7.11 Å². The van der Waals surface area contributed by atoms with Gasteiger partial charge in [-0.3, -0.25) is 4.79 Å². The number of ether oxygens (including phenoxy) is 2. The summed E-state index contributed by atoms with van der Waals surface area (Å²) in [4.78, 5) is 31.0. The molecule has 0 bridgehead atoms. The molecular weight excluding hydrogens is 413 g/mol. The number of pyridine rings is 1.